The van der Waals surface area contributed by atoms with Gasteiger partial charge in [-0.05, 0) is 55.2 Å². The number of ketones is 1. The minimum absolute atomic E-state index is 0.294. The summed E-state index contributed by atoms with van der Waals surface area (Å²) in [6, 6.07) is 12.2. The van der Waals surface area contributed by atoms with Gasteiger partial charge in [0.05, 0.1) is 0 Å². The summed E-state index contributed by atoms with van der Waals surface area (Å²) in [5, 5.41) is 10.8. The monoisotopic (exact) mass is 462 g/mol. The highest BCUT2D eigenvalue weighted by Gasteiger charge is 2.67. The lowest BCUT2D eigenvalue weighted by Gasteiger charge is -2.32. The van der Waals surface area contributed by atoms with Gasteiger partial charge in [-0.1, -0.05) is 39.0 Å². The first-order chi connectivity index (χ1) is 14.5. The molecule has 0 spiro atoms. The zero-order valence-electron chi connectivity index (χ0n) is 18.3. The van der Waals surface area contributed by atoms with E-state index in [9.17, 15) is 22.9 Å². The van der Waals surface area contributed by atoms with E-state index in [2.05, 4.69) is 18.2 Å². The third kappa shape index (κ3) is 3.58. The molecule has 2 bridgehead atoms. The van der Waals surface area contributed by atoms with Gasteiger partial charge < -0.3 is 9.66 Å². The van der Waals surface area contributed by atoms with Gasteiger partial charge in [0.25, 0.3) is 0 Å². The van der Waals surface area contributed by atoms with Crippen LogP contribution in [0.1, 0.15) is 46.5 Å². The summed E-state index contributed by atoms with van der Waals surface area (Å²) in [4.78, 5) is 13.4. The Morgan fingerprint density at radius 2 is 1.65 bits per heavy atom. The van der Waals surface area contributed by atoms with Crippen LogP contribution in [0.15, 0.2) is 41.3 Å². The third-order valence-electron chi connectivity index (χ3n) is 7.99. The molecule has 5 rings (SSSR count). The van der Waals surface area contributed by atoms with E-state index in [0.717, 1.165) is 5.39 Å². The van der Waals surface area contributed by atoms with Gasteiger partial charge in [-0.15, -0.1) is 0 Å². The molecule has 0 aromatic heterocycles. The van der Waals surface area contributed by atoms with Gasteiger partial charge in [0.1, 0.15) is 32.6 Å². The summed E-state index contributed by atoms with van der Waals surface area (Å²) in [6.45, 7) is 5.59. The van der Waals surface area contributed by atoms with Crippen LogP contribution < -0.4 is 0 Å². The number of fused-ring (bicyclic) bond motifs is 3. The molecule has 2 aromatic rings. The van der Waals surface area contributed by atoms with E-state index in [4.69, 9.17) is 0 Å². The van der Waals surface area contributed by atoms with Crippen LogP contribution in [-0.2, 0) is 25.8 Å². The summed E-state index contributed by atoms with van der Waals surface area (Å²) in [5.74, 6) is 2.40. The molecule has 1 aliphatic heterocycles. The molecule has 3 fully saturated rings. The maximum absolute atomic E-state index is 12.0. The first-order valence-electron chi connectivity index (χ1n) is 10.9. The Morgan fingerprint density at radius 3 is 2.16 bits per heavy atom. The van der Waals surface area contributed by atoms with Crippen molar-refractivity contribution in [1.29, 1.82) is 0 Å². The average molecular weight is 463 g/mol. The van der Waals surface area contributed by atoms with Gasteiger partial charge in [-0.25, -0.2) is 8.42 Å². The molecule has 0 radical (unpaired) electrons. The maximum Gasteiger partial charge on any atom is 0.162 e. The van der Waals surface area contributed by atoms with E-state index in [1.54, 1.807) is 6.92 Å². The Morgan fingerprint density at radius 1 is 1.03 bits per heavy atom. The van der Waals surface area contributed by atoms with Gasteiger partial charge in [-0.3, -0.25) is 4.79 Å². The number of hydrogen-bond donors (Lipinski definition) is 1. The van der Waals surface area contributed by atoms with E-state index in [-0.39, 0.29) is 17.1 Å². The van der Waals surface area contributed by atoms with Crippen molar-refractivity contribution in [2.24, 2.45) is 16.7 Å². The van der Waals surface area contributed by atoms with Crippen LogP contribution in [0.25, 0.3) is 10.8 Å². The van der Waals surface area contributed by atoms with Crippen molar-refractivity contribution in [1.82, 2.24) is 0 Å². The Hall–Kier alpha value is -1.57. The Balaban J connectivity index is 0.000000150. The Bertz CT molecular complexity index is 1120. The van der Waals surface area contributed by atoms with Crippen LogP contribution in [0.3, 0.4) is 0 Å². The molecule has 5 nitrogen and oxygen atoms in total. The van der Waals surface area contributed by atoms with E-state index in [1.807, 2.05) is 32.0 Å². The topological polar surface area (TPSA) is 94.5 Å². The van der Waals surface area contributed by atoms with Gasteiger partial charge >= 0.3 is 0 Å². The second kappa shape index (κ2) is 7.78. The van der Waals surface area contributed by atoms with Gasteiger partial charge in [0, 0.05) is 27.1 Å². The van der Waals surface area contributed by atoms with Crippen LogP contribution in [0.5, 0.6) is 5.75 Å². The SMILES string of the molecule is CC12CCC(C(S(=O)(=O)[O-])C1=O)C2(C)C.Oc1ccc([S+]2CCCC2)c2ccccc12. The normalized spacial score (nSPS) is 29.9. The second-order valence-electron chi connectivity index (χ2n) is 9.71. The fourth-order valence-corrected chi connectivity index (χ4v) is 9.62. The molecule has 2 saturated carbocycles. The van der Waals surface area contributed by atoms with E-state index >= 15 is 0 Å². The number of aromatic hydroxyl groups is 1. The molecule has 3 atom stereocenters. The van der Waals surface area contributed by atoms with Crippen molar-refractivity contribution in [3.8, 4) is 5.75 Å². The largest absolute Gasteiger partial charge is 0.747 e. The number of carbonyl (C=O) groups is 1. The third-order valence-corrected chi connectivity index (χ3v) is 11.7. The van der Waals surface area contributed by atoms with Crippen LogP contribution >= 0.6 is 0 Å². The van der Waals surface area contributed by atoms with Gasteiger partial charge in [-0.2, -0.15) is 0 Å². The smallest absolute Gasteiger partial charge is 0.162 e. The molecule has 1 heterocycles. The number of benzene rings is 2. The molecule has 0 amide bonds. The van der Waals surface area contributed by atoms with Crippen molar-refractivity contribution in [2.45, 2.75) is 56.6 Å². The predicted octanol–water partition coefficient (Wildman–Crippen LogP) is 4.24. The van der Waals surface area contributed by atoms with E-state index in [1.165, 1.54) is 34.6 Å². The summed E-state index contributed by atoms with van der Waals surface area (Å²) in [5.41, 5.74) is -0.994. The Labute approximate surface area is 187 Å². The standard InChI is InChI=1S/C14H14OS.C10H16O4S/c15-13-7-8-14(16-9-3-4-10-16)12-6-2-1-5-11(12)13;1-9(2)6-4-5-10(9,3)8(11)7(6)15(12,13)14/h1-2,5-8H,3-4,9-10H2;6-7H,4-5H2,1-3H3,(H,12,13,14). The summed E-state index contributed by atoms with van der Waals surface area (Å²) in [7, 11) is -4.08. The number of rotatable bonds is 2. The molecule has 1 N–H and O–H groups in total. The number of hydrogen-bond acceptors (Lipinski definition) is 5. The molecular weight excluding hydrogens is 432 g/mol. The van der Waals surface area contributed by atoms with Crippen molar-refractivity contribution in [3.05, 3.63) is 36.4 Å². The lowest BCUT2D eigenvalue weighted by Crippen LogP contribution is -2.38. The quantitative estimate of drug-likeness (QED) is 0.532. The zero-order chi connectivity index (χ0) is 22.6. The van der Waals surface area contributed by atoms with Gasteiger partial charge in [0.15, 0.2) is 10.7 Å². The molecule has 1 saturated heterocycles. The Kier molecular flexibility index (Phi) is 5.68. The van der Waals surface area contributed by atoms with Crippen LogP contribution in [0.4, 0.5) is 0 Å². The molecule has 168 valence electrons. The van der Waals surface area contributed by atoms with Crippen LogP contribution in [0, 0.1) is 16.7 Å². The van der Waals surface area contributed by atoms with Crippen molar-refractivity contribution >= 4 is 37.6 Å². The number of carbonyl (C=O) groups excluding carboxylic acids is 1. The fourth-order valence-electron chi connectivity index (χ4n) is 5.72. The van der Waals surface area contributed by atoms with Crippen molar-refractivity contribution < 1.29 is 22.9 Å². The maximum atomic E-state index is 12.0. The van der Waals surface area contributed by atoms with Crippen molar-refractivity contribution in [3.63, 3.8) is 0 Å². The highest BCUT2D eigenvalue weighted by Crippen LogP contribution is 2.64. The fraction of sp³-hybridized carbons (Fsp3) is 0.542. The first kappa shape index (κ1) is 22.6. The number of Topliss-reactive ketones (excluding diaryl/α,β-unsaturated/α-hetero) is 1. The predicted molar refractivity (Wildman–Crippen MR) is 123 cm³/mol. The summed E-state index contributed by atoms with van der Waals surface area (Å²) in [6.07, 6.45) is 4.09. The van der Waals surface area contributed by atoms with E-state index < -0.39 is 20.8 Å². The molecule has 31 heavy (non-hydrogen) atoms. The molecular formula is C24H30O5S2. The highest BCUT2D eigenvalue weighted by atomic mass is 32.2. The minimum atomic E-state index is -4.49. The molecule has 3 unspecified atom stereocenters. The molecule has 3 aliphatic rings. The van der Waals surface area contributed by atoms with Crippen molar-refractivity contribution in [2.75, 3.05) is 11.5 Å². The number of phenolic OH excluding ortho intramolecular Hbond substituents is 1. The van der Waals surface area contributed by atoms with Crippen LogP contribution in [-0.4, -0.2) is 40.6 Å². The highest BCUT2D eigenvalue weighted by molar-refractivity contribution is 7.97. The lowest BCUT2D eigenvalue weighted by molar-refractivity contribution is -0.128. The molecule has 2 aliphatic carbocycles. The van der Waals surface area contributed by atoms with E-state index in [0.29, 0.717) is 29.5 Å². The summed E-state index contributed by atoms with van der Waals surface area (Å²) >= 11 is 0. The minimum Gasteiger partial charge on any atom is -0.747 e. The zero-order valence-corrected chi connectivity index (χ0v) is 19.9. The lowest BCUT2D eigenvalue weighted by atomic mass is 9.70. The molecule has 7 heteroatoms. The van der Waals surface area contributed by atoms with Gasteiger partial charge in [0.2, 0.25) is 0 Å². The molecule has 2 aromatic carbocycles. The first-order valence-corrected chi connectivity index (χ1v) is 13.9. The average Bonchev–Trinajstić information content (AvgIpc) is 3.35. The van der Waals surface area contributed by atoms with Crippen LogP contribution in [0.2, 0.25) is 0 Å². The second-order valence-corrected chi connectivity index (χ2v) is 13.4. The summed E-state index contributed by atoms with van der Waals surface area (Å²) < 4.78 is 33.3. The number of phenols is 1.